The number of methoxy groups -OCH3 is 2. The third kappa shape index (κ3) is 7.97. The molecule has 0 radical (unpaired) electrons. The molecule has 10 nitrogen and oxygen atoms in total. The number of nitrogens with one attached hydrogen (secondary N) is 2. The van der Waals surface area contributed by atoms with E-state index in [2.05, 4.69) is 15.4 Å². The number of carbonyl (C=O) groups is 3. The SMILES string of the molecule is COC(=O)C(O)c1ccc(C[C@H](NC(=O)Cc2cccc3ccccc23)C(=O)Nc2c(C)ccn(Cc3ccc(OC)cc3)c2=O)cc1. The van der Waals surface area contributed by atoms with Gasteiger partial charge in [-0.25, -0.2) is 4.79 Å². The fraction of sp³-hybridized carbons (Fsp3) is 0.211. The van der Waals surface area contributed by atoms with Gasteiger partial charge in [0.1, 0.15) is 17.5 Å². The molecule has 2 amide bonds. The van der Waals surface area contributed by atoms with E-state index in [1.165, 1.54) is 11.7 Å². The fourth-order valence-electron chi connectivity index (χ4n) is 5.47. The van der Waals surface area contributed by atoms with Crippen molar-refractivity contribution in [2.75, 3.05) is 19.5 Å². The molecule has 4 aromatic carbocycles. The molecular formula is C38H37N3O7. The minimum Gasteiger partial charge on any atom is -0.497 e. The first-order valence-electron chi connectivity index (χ1n) is 15.4. The summed E-state index contributed by atoms with van der Waals surface area (Å²) in [6, 6.07) is 28.0. The number of esters is 1. The van der Waals surface area contributed by atoms with E-state index in [1.54, 1.807) is 50.6 Å². The summed E-state index contributed by atoms with van der Waals surface area (Å²) in [7, 11) is 2.77. The van der Waals surface area contributed by atoms with Crippen LogP contribution in [0.1, 0.15) is 33.9 Å². The molecule has 0 fully saturated rings. The molecule has 246 valence electrons. The molecule has 5 aromatic rings. The molecule has 10 heteroatoms. The summed E-state index contributed by atoms with van der Waals surface area (Å²) in [5.41, 5.74) is 2.96. The Bertz CT molecular complexity index is 1980. The second-order valence-corrected chi connectivity index (χ2v) is 11.5. The van der Waals surface area contributed by atoms with Crippen LogP contribution in [0.25, 0.3) is 10.8 Å². The van der Waals surface area contributed by atoms with Crippen molar-refractivity contribution in [3.8, 4) is 5.75 Å². The first-order chi connectivity index (χ1) is 23.2. The second-order valence-electron chi connectivity index (χ2n) is 11.5. The van der Waals surface area contributed by atoms with Crippen LogP contribution in [0.3, 0.4) is 0 Å². The standard InChI is InChI=1S/C38H37N3O7/c1-24-19-20-41(23-26-13-17-30(47-2)18-14-26)37(45)34(24)40-36(44)32(21-25-11-15-28(16-12-25)35(43)38(46)48-3)39-33(42)22-29-9-6-8-27-7-4-5-10-31(27)29/h4-20,32,35,43H,21-23H2,1-3H3,(H,39,42)(H,40,44)/t32-,35?/m0/s1. The number of aliphatic hydroxyl groups excluding tert-OH is 1. The van der Waals surface area contributed by atoms with Crippen LogP contribution in [0.2, 0.25) is 0 Å². The van der Waals surface area contributed by atoms with Crippen LogP contribution < -0.4 is 20.9 Å². The molecular weight excluding hydrogens is 610 g/mol. The summed E-state index contributed by atoms with van der Waals surface area (Å²) in [4.78, 5) is 52.7. The van der Waals surface area contributed by atoms with E-state index >= 15 is 0 Å². The zero-order chi connectivity index (χ0) is 34.2. The molecule has 1 aromatic heterocycles. The van der Waals surface area contributed by atoms with Gasteiger partial charge in [-0.2, -0.15) is 0 Å². The number of rotatable bonds is 12. The van der Waals surface area contributed by atoms with Crippen molar-refractivity contribution < 1.29 is 29.0 Å². The van der Waals surface area contributed by atoms with Crippen molar-refractivity contribution in [1.82, 2.24) is 9.88 Å². The average molecular weight is 648 g/mol. The van der Waals surface area contributed by atoms with Gasteiger partial charge < -0.3 is 29.8 Å². The first kappa shape index (κ1) is 33.6. The highest BCUT2D eigenvalue weighted by molar-refractivity contribution is 5.98. The predicted molar refractivity (Wildman–Crippen MR) is 183 cm³/mol. The molecule has 0 aliphatic carbocycles. The van der Waals surface area contributed by atoms with Gasteiger partial charge in [0.25, 0.3) is 5.56 Å². The number of pyridine rings is 1. The van der Waals surface area contributed by atoms with E-state index in [0.29, 0.717) is 22.4 Å². The Kier molecular flexibility index (Phi) is 10.7. The smallest absolute Gasteiger partial charge is 0.339 e. The quantitative estimate of drug-likeness (QED) is 0.170. The molecule has 1 unspecified atom stereocenters. The number of benzene rings is 4. The summed E-state index contributed by atoms with van der Waals surface area (Å²) >= 11 is 0. The number of anilines is 1. The largest absolute Gasteiger partial charge is 0.497 e. The lowest BCUT2D eigenvalue weighted by Gasteiger charge is -2.20. The van der Waals surface area contributed by atoms with Crippen LogP contribution in [0, 0.1) is 6.92 Å². The number of fused-ring (bicyclic) bond motifs is 1. The number of aryl methyl sites for hydroxylation is 1. The monoisotopic (exact) mass is 647 g/mol. The average Bonchev–Trinajstić information content (AvgIpc) is 3.11. The Balaban J connectivity index is 1.39. The summed E-state index contributed by atoms with van der Waals surface area (Å²) in [5, 5.41) is 17.8. The minimum atomic E-state index is -1.45. The number of aromatic nitrogens is 1. The molecule has 0 saturated heterocycles. The molecule has 5 rings (SSSR count). The highest BCUT2D eigenvalue weighted by Gasteiger charge is 2.25. The maximum Gasteiger partial charge on any atom is 0.339 e. The van der Waals surface area contributed by atoms with Gasteiger partial charge in [0, 0.05) is 12.6 Å². The second kappa shape index (κ2) is 15.2. The van der Waals surface area contributed by atoms with Gasteiger partial charge >= 0.3 is 5.97 Å². The zero-order valence-electron chi connectivity index (χ0n) is 26.9. The summed E-state index contributed by atoms with van der Waals surface area (Å²) in [6.07, 6.45) is 0.331. The highest BCUT2D eigenvalue weighted by atomic mass is 16.5. The number of amides is 2. The van der Waals surface area contributed by atoms with Gasteiger partial charge in [0.05, 0.1) is 27.2 Å². The van der Waals surface area contributed by atoms with E-state index in [4.69, 9.17) is 4.74 Å². The topological polar surface area (TPSA) is 136 Å². The van der Waals surface area contributed by atoms with Crippen molar-refractivity contribution in [3.63, 3.8) is 0 Å². The molecule has 2 atom stereocenters. The van der Waals surface area contributed by atoms with Gasteiger partial charge in [-0.1, -0.05) is 78.9 Å². The Morgan fingerprint density at radius 3 is 2.25 bits per heavy atom. The molecule has 0 aliphatic heterocycles. The molecule has 1 heterocycles. The Hall–Kier alpha value is -5.74. The summed E-state index contributed by atoms with van der Waals surface area (Å²) in [6.45, 7) is 2.01. The molecule has 0 spiro atoms. The first-order valence-corrected chi connectivity index (χ1v) is 15.4. The van der Waals surface area contributed by atoms with Crippen molar-refractivity contribution >= 4 is 34.2 Å². The van der Waals surface area contributed by atoms with Crippen LogP contribution in [0.4, 0.5) is 5.69 Å². The lowest BCUT2D eigenvalue weighted by atomic mass is 10.00. The number of hydrogen-bond donors (Lipinski definition) is 3. The van der Waals surface area contributed by atoms with Crippen molar-refractivity contribution in [3.05, 3.63) is 141 Å². The van der Waals surface area contributed by atoms with Crippen LogP contribution in [-0.4, -0.2) is 47.7 Å². The molecule has 0 bridgehead atoms. The normalized spacial score (nSPS) is 12.2. The van der Waals surface area contributed by atoms with Gasteiger partial charge in [0.2, 0.25) is 11.8 Å². The Morgan fingerprint density at radius 2 is 1.54 bits per heavy atom. The van der Waals surface area contributed by atoms with Crippen molar-refractivity contribution in [2.24, 2.45) is 0 Å². The van der Waals surface area contributed by atoms with E-state index in [9.17, 15) is 24.3 Å². The molecule has 3 N–H and O–H groups in total. The lowest BCUT2D eigenvalue weighted by Crippen LogP contribution is -2.46. The molecule has 0 aliphatic rings. The zero-order valence-corrected chi connectivity index (χ0v) is 26.9. The van der Waals surface area contributed by atoms with Crippen LogP contribution >= 0.6 is 0 Å². The van der Waals surface area contributed by atoms with E-state index in [0.717, 1.165) is 21.9 Å². The van der Waals surface area contributed by atoms with Gasteiger partial charge in [-0.15, -0.1) is 0 Å². The number of carbonyl (C=O) groups excluding carboxylic acids is 3. The van der Waals surface area contributed by atoms with Crippen molar-refractivity contribution in [2.45, 2.75) is 38.5 Å². The lowest BCUT2D eigenvalue weighted by molar-refractivity contribution is -0.150. The van der Waals surface area contributed by atoms with Crippen LogP contribution in [0.15, 0.2) is 108 Å². The number of aliphatic hydroxyl groups is 1. The molecule has 48 heavy (non-hydrogen) atoms. The van der Waals surface area contributed by atoms with Gasteiger partial charge in [-0.3, -0.25) is 14.4 Å². The third-order valence-electron chi connectivity index (χ3n) is 8.18. The van der Waals surface area contributed by atoms with Gasteiger partial charge in [-0.05, 0) is 63.7 Å². The Labute approximate surface area is 277 Å². The minimum absolute atomic E-state index is 0.0361. The predicted octanol–water partition coefficient (Wildman–Crippen LogP) is 4.48. The van der Waals surface area contributed by atoms with E-state index in [1.807, 2.05) is 66.7 Å². The fourth-order valence-corrected chi connectivity index (χ4v) is 5.47. The number of nitrogens with zero attached hydrogens (tertiary/aromatic N) is 1. The maximum atomic E-state index is 13.9. The third-order valence-corrected chi connectivity index (χ3v) is 8.18. The van der Waals surface area contributed by atoms with E-state index < -0.39 is 24.0 Å². The maximum absolute atomic E-state index is 13.9. The van der Waals surface area contributed by atoms with Crippen molar-refractivity contribution in [1.29, 1.82) is 0 Å². The number of hydrogen-bond acceptors (Lipinski definition) is 7. The van der Waals surface area contributed by atoms with Crippen LogP contribution in [0.5, 0.6) is 5.75 Å². The number of ether oxygens (including phenoxy) is 2. The van der Waals surface area contributed by atoms with Gasteiger partial charge in [0.15, 0.2) is 6.10 Å². The highest BCUT2D eigenvalue weighted by Crippen LogP contribution is 2.20. The van der Waals surface area contributed by atoms with Crippen LogP contribution in [-0.2, 0) is 38.5 Å². The molecule has 0 saturated carbocycles. The summed E-state index contributed by atoms with van der Waals surface area (Å²) < 4.78 is 11.3. The Morgan fingerprint density at radius 1 is 0.854 bits per heavy atom. The van der Waals surface area contributed by atoms with E-state index in [-0.39, 0.29) is 36.5 Å². The summed E-state index contributed by atoms with van der Waals surface area (Å²) in [5.74, 6) is -1.03.